The SMILES string of the molecule is C=CCn1c(COc2ccc(CC)cc2)nnc1SCC(=O)Nc1nc(-c2ccc(Cl)cc2)cs1. The number of allylic oxidation sites excluding steroid dienone is 1. The van der Waals surface area contributed by atoms with E-state index in [1.807, 2.05) is 58.5 Å². The Balaban J connectivity index is 1.33. The Hall–Kier alpha value is -3.14. The molecule has 2 aromatic heterocycles. The standard InChI is InChI=1S/C25H24ClN5O2S2/c1-3-13-31-22(14-33-20-11-5-17(4-2)6-12-20)29-30-25(31)35-16-23(32)28-24-27-21(15-34-24)18-7-9-19(26)10-8-18/h3,5-12,15H,1,4,13-14,16H2,2H3,(H,27,28,32). The summed E-state index contributed by atoms with van der Waals surface area (Å²) >= 11 is 8.62. The van der Waals surface area contributed by atoms with Crippen molar-refractivity contribution in [3.8, 4) is 17.0 Å². The smallest absolute Gasteiger partial charge is 0.236 e. The maximum absolute atomic E-state index is 12.5. The topological polar surface area (TPSA) is 81.9 Å². The van der Waals surface area contributed by atoms with E-state index in [0.29, 0.717) is 27.7 Å². The molecule has 0 unspecified atom stereocenters. The van der Waals surface area contributed by atoms with Crippen LogP contribution in [0.25, 0.3) is 11.3 Å². The van der Waals surface area contributed by atoms with Crippen LogP contribution in [0.4, 0.5) is 5.13 Å². The predicted octanol–water partition coefficient (Wildman–Crippen LogP) is 6.11. The van der Waals surface area contributed by atoms with Gasteiger partial charge in [0.25, 0.3) is 0 Å². The number of thiazole rings is 1. The summed E-state index contributed by atoms with van der Waals surface area (Å²) in [6.07, 6.45) is 2.75. The van der Waals surface area contributed by atoms with E-state index in [2.05, 4.69) is 34.0 Å². The largest absolute Gasteiger partial charge is 0.486 e. The quantitative estimate of drug-likeness (QED) is 0.188. The number of carbonyl (C=O) groups excluding carboxylic acids is 1. The molecule has 180 valence electrons. The van der Waals surface area contributed by atoms with Crippen molar-refractivity contribution in [3.05, 3.63) is 83.0 Å². The molecular formula is C25H24ClN5O2S2. The minimum atomic E-state index is -0.172. The minimum absolute atomic E-state index is 0.171. The van der Waals surface area contributed by atoms with Gasteiger partial charge in [-0.25, -0.2) is 4.98 Å². The molecule has 2 aromatic carbocycles. The first-order chi connectivity index (χ1) is 17.1. The highest BCUT2D eigenvalue weighted by Crippen LogP contribution is 2.26. The number of halogens is 1. The molecule has 4 aromatic rings. The molecule has 0 bridgehead atoms. The van der Waals surface area contributed by atoms with Crippen LogP contribution in [0.1, 0.15) is 18.3 Å². The lowest BCUT2D eigenvalue weighted by molar-refractivity contribution is -0.113. The van der Waals surface area contributed by atoms with E-state index in [-0.39, 0.29) is 18.3 Å². The maximum atomic E-state index is 12.5. The van der Waals surface area contributed by atoms with Crippen molar-refractivity contribution in [2.24, 2.45) is 0 Å². The third kappa shape index (κ3) is 6.72. The summed E-state index contributed by atoms with van der Waals surface area (Å²) < 4.78 is 7.78. The van der Waals surface area contributed by atoms with Gasteiger partial charge in [0, 0.05) is 22.5 Å². The van der Waals surface area contributed by atoms with Gasteiger partial charge >= 0.3 is 0 Å². The van der Waals surface area contributed by atoms with Gasteiger partial charge in [-0.3, -0.25) is 9.36 Å². The summed E-state index contributed by atoms with van der Waals surface area (Å²) in [5.41, 5.74) is 2.98. The summed E-state index contributed by atoms with van der Waals surface area (Å²) in [5.74, 6) is 1.43. The number of amides is 1. The van der Waals surface area contributed by atoms with Gasteiger partial charge in [-0.15, -0.1) is 28.1 Å². The van der Waals surface area contributed by atoms with Crippen LogP contribution in [-0.2, 0) is 24.4 Å². The summed E-state index contributed by atoms with van der Waals surface area (Å²) in [4.78, 5) is 17.0. The Bertz CT molecular complexity index is 1290. The van der Waals surface area contributed by atoms with E-state index < -0.39 is 0 Å². The summed E-state index contributed by atoms with van der Waals surface area (Å²) in [5, 5.41) is 15.1. The maximum Gasteiger partial charge on any atom is 0.236 e. The van der Waals surface area contributed by atoms with Crippen molar-refractivity contribution in [1.29, 1.82) is 0 Å². The van der Waals surface area contributed by atoms with Crippen molar-refractivity contribution in [3.63, 3.8) is 0 Å². The van der Waals surface area contributed by atoms with Crippen LogP contribution in [0.15, 0.2) is 71.7 Å². The number of thioether (sulfide) groups is 1. The van der Waals surface area contributed by atoms with Gasteiger partial charge in [0.15, 0.2) is 16.1 Å². The van der Waals surface area contributed by atoms with Crippen LogP contribution >= 0.6 is 34.7 Å². The monoisotopic (exact) mass is 525 g/mol. The van der Waals surface area contributed by atoms with Crippen LogP contribution in [0.2, 0.25) is 5.02 Å². The van der Waals surface area contributed by atoms with E-state index in [9.17, 15) is 4.79 Å². The van der Waals surface area contributed by atoms with E-state index in [4.69, 9.17) is 16.3 Å². The summed E-state index contributed by atoms with van der Waals surface area (Å²) in [6, 6.07) is 15.4. The average Bonchev–Trinajstić information content (AvgIpc) is 3.49. The molecule has 0 radical (unpaired) electrons. The Morgan fingerprint density at radius 3 is 2.69 bits per heavy atom. The van der Waals surface area contributed by atoms with Gasteiger partial charge in [0.1, 0.15) is 12.4 Å². The fourth-order valence-electron chi connectivity index (χ4n) is 3.18. The average molecular weight is 526 g/mol. The second kappa shape index (κ2) is 12.0. The highest BCUT2D eigenvalue weighted by atomic mass is 35.5. The number of ether oxygens (including phenoxy) is 1. The van der Waals surface area contributed by atoms with E-state index in [1.54, 1.807) is 6.08 Å². The first-order valence-corrected chi connectivity index (χ1v) is 13.2. The molecule has 0 fully saturated rings. The number of nitrogens with zero attached hydrogens (tertiary/aromatic N) is 4. The van der Waals surface area contributed by atoms with Gasteiger partial charge < -0.3 is 10.1 Å². The van der Waals surface area contributed by atoms with Crippen LogP contribution < -0.4 is 10.1 Å². The van der Waals surface area contributed by atoms with Gasteiger partial charge in [-0.05, 0) is 36.2 Å². The number of anilines is 1. The van der Waals surface area contributed by atoms with Crippen molar-refractivity contribution < 1.29 is 9.53 Å². The zero-order valence-corrected chi connectivity index (χ0v) is 21.5. The zero-order valence-electron chi connectivity index (χ0n) is 19.1. The molecule has 35 heavy (non-hydrogen) atoms. The molecule has 0 aliphatic carbocycles. The molecule has 2 heterocycles. The number of hydrogen-bond donors (Lipinski definition) is 1. The first-order valence-electron chi connectivity index (χ1n) is 10.9. The molecule has 0 aliphatic heterocycles. The number of hydrogen-bond acceptors (Lipinski definition) is 7. The van der Waals surface area contributed by atoms with Crippen molar-refractivity contribution in [2.75, 3.05) is 11.1 Å². The molecule has 0 spiro atoms. The second-order valence-corrected chi connectivity index (χ2v) is 9.70. The fourth-order valence-corrected chi connectivity index (χ4v) is 4.81. The van der Waals surface area contributed by atoms with Gasteiger partial charge in [0.2, 0.25) is 5.91 Å². The van der Waals surface area contributed by atoms with Gasteiger partial charge in [0.05, 0.1) is 11.4 Å². The highest BCUT2D eigenvalue weighted by molar-refractivity contribution is 7.99. The molecule has 0 saturated carbocycles. The van der Waals surface area contributed by atoms with Gasteiger partial charge in [-0.2, -0.15) is 0 Å². The molecule has 1 amide bonds. The normalized spacial score (nSPS) is 10.8. The minimum Gasteiger partial charge on any atom is -0.486 e. The van der Waals surface area contributed by atoms with Crippen molar-refractivity contribution in [2.45, 2.75) is 31.7 Å². The van der Waals surface area contributed by atoms with Crippen molar-refractivity contribution in [1.82, 2.24) is 19.7 Å². The Morgan fingerprint density at radius 2 is 1.97 bits per heavy atom. The third-order valence-corrected chi connectivity index (χ3v) is 7.00. The number of carbonyl (C=O) groups is 1. The molecule has 1 N–H and O–H groups in total. The predicted molar refractivity (Wildman–Crippen MR) is 142 cm³/mol. The number of aryl methyl sites for hydroxylation is 1. The molecule has 0 saturated heterocycles. The molecule has 7 nitrogen and oxygen atoms in total. The Labute approximate surface area is 217 Å². The lowest BCUT2D eigenvalue weighted by Crippen LogP contribution is -2.15. The van der Waals surface area contributed by atoms with E-state index in [1.165, 1.54) is 28.7 Å². The summed E-state index contributed by atoms with van der Waals surface area (Å²) in [7, 11) is 0. The molecular weight excluding hydrogens is 502 g/mol. The van der Waals surface area contributed by atoms with E-state index >= 15 is 0 Å². The van der Waals surface area contributed by atoms with Crippen molar-refractivity contribution >= 4 is 45.7 Å². The van der Waals surface area contributed by atoms with Crippen LogP contribution in [0, 0.1) is 0 Å². The van der Waals surface area contributed by atoms with Crippen LogP contribution in [0.5, 0.6) is 5.75 Å². The fraction of sp³-hybridized carbons (Fsp3) is 0.200. The van der Waals surface area contributed by atoms with Gasteiger partial charge in [-0.1, -0.05) is 60.6 Å². The number of aromatic nitrogens is 4. The lowest BCUT2D eigenvalue weighted by Gasteiger charge is -2.09. The van der Waals surface area contributed by atoms with Crippen LogP contribution in [-0.4, -0.2) is 31.4 Å². The van der Waals surface area contributed by atoms with Crippen LogP contribution in [0.3, 0.4) is 0 Å². The van der Waals surface area contributed by atoms with E-state index in [0.717, 1.165) is 23.4 Å². The lowest BCUT2D eigenvalue weighted by atomic mass is 10.2. The zero-order chi connectivity index (χ0) is 24.6. The Morgan fingerprint density at radius 1 is 1.20 bits per heavy atom. The first kappa shape index (κ1) is 25.0. The highest BCUT2D eigenvalue weighted by Gasteiger charge is 2.15. The summed E-state index contributed by atoms with van der Waals surface area (Å²) in [6.45, 7) is 6.72. The number of benzene rings is 2. The third-order valence-electron chi connectivity index (χ3n) is 5.03. The number of nitrogens with one attached hydrogen (secondary N) is 1. The molecule has 4 rings (SSSR count). The molecule has 0 atom stereocenters. The molecule has 10 heteroatoms. The number of rotatable bonds is 11. The Kier molecular flexibility index (Phi) is 8.57. The second-order valence-electron chi connectivity index (χ2n) is 7.47. The molecule has 0 aliphatic rings.